The Morgan fingerprint density at radius 3 is 2.76 bits per heavy atom. The maximum absolute atomic E-state index is 12.3. The van der Waals surface area contributed by atoms with Gasteiger partial charge in [-0.25, -0.2) is 8.42 Å². The first-order valence-corrected chi connectivity index (χ1v) is 9.54. The van der Waals surface area contributed by atoms with E-state index in [2.05, 4.69) is 10.2 Å². The molecule has 122 valence electrons. The van der Waals surface area contributed by atoms with Crippen molar-refractivity contribution < 1.29 is 13.2 Å². The summed E-state index contributed by atoms with van der Waals surface area (Å²) >= 11 is 0. The molecule has 0 spiro atoms. The predicted octanol–water partition coefficient (Wildman–Crippen LogP) is -0.118. The second-order valence-electron chi connectivity index (χ2n) is 6.84. The summed E-state index contributed by atoms with van der Waals surface area (Å²) < 4.78 is 23.2. The fourth-order valence-corrected chi connectivity index (χ4v) is 5.57. The summed E-state index contributed by atoms with van der Waals surface area (Å²) in [6.45, 7) is 4.98. The van der Waals surface area contributed by atoms with Gasteiger partial charge >= 0.3 is 0 Å². The van der Waals surface area contributed by atoms with Gasteiger partial charge in [0.05, 0.1) is 23.6 Å². The van der Waals surface area contributed by atoms with Crippen LogP contribution in [0, 0.1) is 0 Å². The van der Waals surface area contributed by atoms with Crippen LogP contribution in [0.2, 0.25) is 0 Å². The molecule has 3 atom stereocenters. The van der Waals surface area contributed by atoms with Crippen LogP contribution in [0.5, 0.6) is 0 Å². The minimum absolute atomic E-state index is 0.0422. The number of sulfone groups is 1. The fourth-order valence-electron chi connectivity index (χ4n) is 3.48. The Bertz CT molecular complexity index is 492. The lowest BCUT2D eigenvalue weighted by Crippen LogP contribution is -2.55. The van der Waals surface area contributed by atoms with Gasteiger partial charge in [0, 0.05) is 12.1 Å². The highest BCUT2D eigenvalue weighted by Crippen LogP contribution is 2.23. The van der Waals surface area contributed by atoms with E-state index in [4.69, 9.17) is 5.73 Å². The van der Waals surface area contributed by atoms with Gasteiger partial charge in [-0.2, -0.15) is 0 Å². The minimum atomic E-state index is -3.01. The number of rotatable bonds is 4. The lowest BCUT2D eigenvalue weighted by atomic mass is 9.96. The van der Waals surface area contributed by atoms with Gasteiger partial charge in [0.15, 0.2) is 9.84 Å². The smallest absolute Gasteiger partial charge is 0.234 e. The van der Waals surface area contributed by atoms with E-state index in [0.29, 0.717) is 13.0 Å². The molecule has 3 unspecified atom stereocenters. The number of piperidine rings is 1. The fraction of sp³-hybridized carbons (Fsp3) is 0.929. The van der Waals surface area contributed by atoms with E-state index in [1.54, 1.807) is 0 Å². The quantitative estimate of drug-likeness (QED) is 0.754. The highest BCUT2D eigenvalue weighted by Gasteiger charge is 2.39. The van der Waals surface area contributed by atoms with Crippen molar-refractivity contribution in [3.05, 3.63) is 0 Å². The molecule has 0 radical (unpaired) electrons. The normalized spacial score (nSPS) is 34.5. The summed E-state index contributed by atoms with van der Waals surface area (Å²) in [7, 11) is -3.01. The molecule has 2 fully saturated rings. The lowest BCUT2D eigenvalue weighted by molar-refractivity contribution is -0.124. The van der Waals surface area contributed by atoms with E-state index in [1.165, 1.54) is 0 Å². The predicted molar refractivity (Wildman–Crippen MR) is 82.7 cm³/mol. The molecule has 2 heterocycles. The van der Waals surface area contributed by atoms with Crippen molar-refractivity contribution >= 4 is 15.7 Å². The van der Waals surface area contributed by atoms with Crippen molar-refractivity contribution in [2.24, 2.45) is 5.73 Å². The third-order valence-electron chi connectivity index (χ3n) is 4.56. The molecular weight excluding hydrogens is 290 g/mol. The second-order valence-corrected chi connectivity index (χ2v) is 9.03. The first kappa shape index (κ1) is 16.7. The molecule has 0 aromatic rings. The van der Waals surface area contributed by atoms with Gasteiger partial charge in [-0.1, -0.05) is 6.42 Å². The minimum Gasteiger partial charge on any atom is -0.349 e. The number of nitrogens with one attached hydrogen (secondary N) is 1. The zero-order valence-corrected chi connectivity index (χ0v) is 13.8. The zero-order valence-electron chi connectivity index (χ0n) is 13.0. The van der Waals surface area contributed by atoms with Crippen LogP contribution in [0.1, 0.15) is 39.5 Å². The number of carbonyl (C=O) groups excluding carboxylic acids is 1. The van der Waals surface area contributed by atoms with Gasteiger partial charge < -0.3 is 11.1 Å². The highest BCUT2D eigenvalue weighted by atomic mass is 32.2. The van der Waals surface area contributed by atoms with Crippen molar-refractivity contribution in [3.63, 3.8) is 0 Å². The molecule has 2 aliphatic heterocycles. The van der Waals surface area contributed by atoms with Crippen molar-refractivity contribution in [1.29, 1.82) is 0 Å². The summed E-state index contributed by atoms with van der Waals surface area (Å²) in [5.41, 5.74) is 5.39. The average Bonchev–Trinajstić information content (AvgIpc) is 2.63. The average molecular weight is 317 g/mol. The molecule has 0 aromatic carbocycles. The summed E-state index contributed by atoms with van der Waals surface area (Å²) in [5, 5.41) is 2.92. The van der Waals surface area contributed by atoms with Gasteiger partial charge in [0.1, 0.15) is 0 Å². The van der Waals surface area contributed by atoms with Crippen LogP contribution in [0.25, 0.3) is 0 Å². The van der Waals surface area contributed by atoms with E-state index < -0.39 is 15.4 Å². The van der Waals surface area contributed by atoms with Gasteiger partial charge in [-0.3, -0.25) is 9.69 Å². The first-order chi connectivity index (χ1) is 9.71. The summed E-state index contributed by atoms with van der Waals surface area (Å²) in [6.07, 6.45) is 3.76. The number of nitrogens with two attached hydrogens (primary N) is 1. The Morgan fingerprint density at radius 2 is 2.19 bits per heavy atom. The molecule has 7 heteroatoms. The Hall–Kier alpha value is -0.660. The topological polar surface area (TPSA) is 92.5 Å². The molecule has 3 N–H and O–H groups in total. The van der Waals surface area contributed by atoms with Crippen LogP contribution in [-0.4, -0.2) is 61.4 Å². The van der Waals surface area contributed by atoms with Crippen LogP contribution in [0.15, 0.2) is 0 Å². The summed E-state index contributed by atoms with van der Waals surface area (Å²) in [5.74, 6) is 0.112. The molecule has 2 rings (SSSR count). The molecule has 0 bridgehead atoms. The second kappa shape index (κ2) is 6.22. The Balaban J connectivity index is 1.92. The van der Waals surface area contributed by atoms with Gasteiger partial charge in [0.2, 0.25) is 5.91 Å². The third kappa shape index (κ3) is 4.40. The Morgan fingerprint density at radius 1 is 1.48 bits per heavy atom. The van der Waals surface area contributed by atoms with Crippen molar-refractivity contribution in [3.8, 4) is 0 Å². The monoisotopic (exact) mass is 317 g/mol. The summed E-state index contributed by atoms with van der Waals surface area (Å²) in [6, 6.07) is 0.283. The van der Waals surface area contributed by atoms with E-state index in [-0.39, 0.29) is 29.5 Å². The molecule has 0 aromatic heterocycles. The number of likely N-dealkylation sites (tertiary alicyclic amines) is 1. The van der Waals surface area contributed by atoms with E-state index >= 15 is 0 Å². The van der Waals surface area contributed by atoms with Crippen LogP contribution < -0.4 is 11.1 Å². The molecule has 0 saturated carbocycles. The molecule has 1 amide bonds. The maximum atomic E-state index is 12.3. The van der Waals surface area contributed by atoms with Crippen LogP contribution in [0.4, 0.5) is 0 Å². The zero-order chi connectivity index (χ0) is 15.7. The number of amides is 1. The van der Waals surface area contributed by atoms with Crippen molar-refractivity contribution in [1.82, 2.24) is 10.2 Å². The highest BCUT2D eigenvalue weighted by molar-refractivity contribution is 7.91. The lowest BCUT2D eigenvalue weighted by Gasteiger charge is -2.38. The van der Waals surface area contributed by atoms with Crippen molar-refractivity contribution in [2.45, 2.75) is 57.2 Å². The van der Waals surface area contributed by atoms with Crippen LogP contribution >= 0.6 is 0 Å². The number of nitrogens with zero attached hydrogens (tertiary/aromatic N) is 1. The van der Waals surface area contributed by atoms with E-state index in [0.717, 1.165) is 25.8 Å². The Kier molecular flexibility index (Phi) is 4.95. The largest absolute Gasteiger partial charge is 0.349 e. The molecule has 0 aliphatic carbocycles. The van der Waals surface area contributed by atoms with Gasteiger partial charge in [0.25, 0.3) is 0 Å². The van der Waals surface area contributed by atoms with Crippen LogP contribution in [0.3, 0.4) is 0 Å². The number of hydrogen-bond donors (Lipinski definition) is 2. The number of hydrogen-bond acceptors (Lipinski definition) is 5. The first-order valence-electron chi connectivity index (χ1n) is 7.72. The van der Waals surface area contributed by atoms with Gasteiger partial charge in [-0.15, -0.1) is 0 Å². The number of carbonyl (C=O) groups is 1. The molecule has 6 nitrogen and oxygen atoms in total. The molecule has 2 aliphatic rings. The van der Waals surface area contributed by atoms with E-state index in [9.17, 15) is 13.2 Å². The third-order valence-corrected chi connectivity index (χ3v) is 6.47. The van der Waals surface area contributed by atoms with Gasteiger partial charge in [-0.05, 0) is 39.7 Å². The maximum Gasteiger partial charge on any atom is 0.234 e. The molecular formula is C14H27N3O3S. The molecule has 2 saturated heterocycles. The molecule has 21 heavy (non-hydrogen) atoms. The van der Waals surface area contributed by atoms with Crippen LogP contribution in [-0.2, 0) is 14.6 Å². The summed E-state index contributed by atoms with van der Waals surface area (Å²) in [4.78, 5) is 14.4. The standard InChI is InChI=1S/C14H27N3O3S/c1-11(15)12-5-3-4-7-17(12)9-13(18)16-14(2)6-8-21(19,20)10-14/h11-12H,3-10,15H2,1-2H3,(H,16,18). The van der Waals surface area contributed by atoms with E-state index in [1.807, 2.05) is 13.8 Å². The Labute approximate surface area is 127 Å². The van der Waals surface area contributed by atoms with Crippen molar-refractivity contribution in [2.75, 3.05) is 24.6 Å². The SMILES string of the molecule is CC(N)C1CCCCN1CC(=O)NC1(C)CCS(=O)(=O)C1.